The summed E-state index contributed by atoms with van der Waals surface area (Å²) in [5.74, 6) is 0.785. The first-order chi connectivity index (χ1) is 8.74. The smallest absolute Gasteiger partial charge is 0.320 e. The number of hydrogen-bond acceptors (Lipinski definition) is 1. The van der Waals surface area contributed by atoms with Crippen molar-refractivity contribution in [3.05, 3.63) is 35.4 Å². The second kappa shape index (κ2) is 4.63. The largest absolute Gasteiger partial charge is 0.323 e. The molecule has 2 aliphatic rings. The summed E-state index contributed by atoms with van der Waals surface area (Å²) in [6, 6.07) is 8.55. The zero-order chi connectivity index (χ0) is 12.5. The van der Waals surface area contributed by atoms with Crippen LogP contribution in [0.25, 0.3) is 0 Å². The summed E-state index contributed by atoms with van der Waals surface area (Å²) in [5, 5.41) is 0. The highest BCUT2D eigenvalue weighted by atomic mass is 16.2. The Hall–Kier alpha value is -1.51. The summed E-state index contributed by atoms with van der Waals surface area (Å²) in [7, 11) is 0. The molecule has 1 saturated heterocycles. The number of nitrogens with zero attached hydrogens (tertiary/aromatic N) is 2. The van der Waals surface area contributed by atoms with Crippen LogP contribution in [0.1, 0.15) is 24.0 Å². The van der Waals surface area contributed by atoms with Crippen molar-refractivity contribution in [2.24, 2.45) is 5.92 Å². The van der Waals surface area contributed by atoms with Crippen LogP contribution in [0.3, 0.4) is 0 Å². The minimum absolute atomic E-state index is 0.227. The average Bonchev–Trinajstić information content (AvgIpc) is 3.12. The Morgan fingerprint density at radius 2 is 1.89 bits per heavy atom. The number of rotatable bonds is 4. The average molecular weight is 244 g/mol. The number of carbonyl (C=O) groups is 1. The highest BCUT2D eigenvalue weighted by Gasteiger charge is 2.33. The molecule has 0 N–H and O–H groups in total. The van der Waals surface area contributed by atoms with Gasteiger partial charge in [0, 0.05) is 26.2 Å². The van der Waals surface area contributed by atoms with Crippen molar-refractivity contribution in [2.45, 2.75) is 26.3 Å². The molecule has 3 rings (SSSR count). The lowest BCUT2D eigenvalue weighted by atomic mass is 10.1. The van der Waals surface area contributed by atoms with E-state index < -0.39 is 0 Å². The quantitative estimate of drug-likeness (QED) is 0.798. The first-order valence-electron chi connectivity index (χ1n) is 6.82. The van der Waals surface area contributed by atoms with Crippen LogP contribution in [-0.2, 0) is 6.54 Å². The molecular weight excluding hydrogens is 224 g/mol. The Morgan fingerprint density at radius 1 is 1.17 bits per heavy atom. The van der Waals surface area contributed by atoms with Gasteiger partial charge in [0.05, 0.1) is 0 Å². The third kappa shape index (κ3) is 2.35. The fourth-order valence-corrected chi connectivity index (χ4v) is 2.55. The van der Waals surface area contributed by atoms with Crippen molar-refractivity contribution < 1.29 is 4.79 Å². The maximum Gasteiger partial charge on any atom is 0.320 e. The molecule has 18 heavy (non-hydrogen) atoms. The lowest BCUT2D eigenvalue weighted by Crippen LogP contribution is -2.32. The summed E-state index contributed by atoms with van der Waals surface area (Å²) in [6.07, 6.45) is 2.61. The van der Waals surface area contributed by atoms with Gasteiger partial charge < -0.3 is 9.80 Å². The minimum Gasteiger partial charge on any atom is -0.323 e. The first kappa shape index (κ1) is 11.6. The van der Waals surface area contributed by atoms with E-state index in [0.717, 1.165) is 32.1 Å². The van der Waals surface area contributed by atoms with Crippen molar-refractivity contribution in [1.82, 2.24) is 9.80 Å². The summed E-state index contributed by atoms with van der Waals surface area (Å²) in [5.41, 5.74) is 2.53. The first-order valence-corrected chi connectivity index (χ1v) is 6.82. The van der Waals surface area contributed by atoms with Gasteiger partial charge in [-0.05, 0) is 36.8 Å². The van der Waals surface area contributed by atoms with Crippen LogP contribution in [0.4, 0.5) is 4.79 Å². The predicted octanol–water partition coefficient (Wildman–Crippen LogP) is 2.64. The molecule has 1 heterocycles. The standard InChI is InChI=1S/C15H20N2O/c1-12-4-2-3-5-14(12)11-17-9-8-16(15(17)18)10-13-6-7-13/h2-5,13H,6-11H2,1H3. The number of urea groups is 1. The summed E-state index contributed by atoms with van der Waals surface area (Å²) in [6.45, 7) is 5.62. The Labute approximate surface area is 108 Å². The summed E-state index contributed by atoms with van der Waals surface area (Å²) >= 11 is 0. The van der Waals surface area contributed by atoms with E-state index in [2.05, 4.69) is 19.1 Å². The third-order valence-electron chi connectivity index (χ3n) is 3.98. The van der Waals surface area contributed by atoms with Gasteiger partial charge in [-0.25, -0.2) is 4.79 Å². The van der Waals surface area contributed by atoms with Crippen LogP contribution in [0.2, 0.25) is 0 Å². The van der Waals surface area contributed by atoms with E-state index in [9.17, 15) is 4.79 Å². The molecule has 0 unspecified atom stereocenters. The molecule has 96 valence electrons. The summed E-state index contributed by atoms with van der Waals surface area (Å²) < 4.78 is 0. The third-order valence-corrected chi connectivity index (χ3v) is 3.98. The normalized spacial score (nSPS) is 19.7. The molecule has 1 saturated carbocycles. The molecule has 2 amide bonds. The number of carbonyl (C=O) groups excluding carboxylic acids is 1. The van der Waals surface area contributed by atoms with Gasteiger partial charge in [-0.1, -0.05) is 24.3 Å². The van der Waals surface area contributed by atoms with E-state index in [0.29, 0.717) is 0 Å². The van der Waals surface area contributed by atoms with Crippen LogP contribution in [0.15, 0.2) is 24.3 Å². The molecule has 0 atom stereocenters. The lowest BCUT2D eigenvalue weighted by Gasteiger charge is -2.19. The van der Waals surface area contributed by atoms with E-state index in [1.54, 1.807) is 0 Å². The topological polar surface area (TPSA) is 23.6 Å². The SMILES string of the molecule is Cc1ccccc1CN1CCN(CC2CC2)C1=O. The summed E-state index contributed by atoms with van der Waals surface area (Å²) in [4.78, 5) is 16.2. The maximum atomic E-state index is 12.2. The zero-order valence-electron chi connectivity index (χ0n) is 10.9. The number of hydrogen-bond donors (Lipinski definition) is 0. The minimum atomic E-state index is 0.227. The molecule has 0 spiro atoms. The van der Waals surface area contributed by atoms with E-state index in [1.807, 2.05) is 21.9 Å². The van der Waals surface area contributed by atoms with Gasteiger partial charge in [0.25, 0.3) is 0 Å². The van der Waals surface area contributed by atoms with Crippen LogP contribution < -0.4 is 0 Å². The molecule has 1 aliphatic heterocycles. The van der Waals surface area contributed by atoms with Crippen molar-refractivity contribution in [3.8, 4) is 0 Å². The second-order valence-corrected chi connectivity index (χ2v) is 5.52. The Balaban J connectivity index is 1.63. The molecule has 0 bridgehead atoms. The van der Waals surface area contributed by atoms with Crippen molar-refractivity contribution in [2.75, 3.05) is 19.6 Å². The van der Waals surface area contributed by atoms with Crippen LogP contribution in [0, 0.1) is 12.8 Å². The van der Waals surface area contributed by atoms with Gasteiger partial charge in [0.1, 0.15) is 0 Å². The number of aryl methyl sites for hydroxylation is 1. The fraction of sp³-hybridized carbons (Fsp3) is 0.533. The van der Waals surface area contributed by atoms with Crippen molar-refractivity contribution in [1.29, 1.82) is 0 Å². The van der Waals surface area contributed by atoms with Crippen molar-refractivity contribution in [3.63, 3.8) is 0 Å². The molecular formula is C15H20N2O. The lowest BCUT2D eigenvalue weighted by molar-refractivity contribution is 0.189. The molecule has 1 aromatic carbocycles. The molecule has 3 heteroatoms. The molecule has 3 nitrogen and oxygen atoms in total. The molecule has 0 radical (unpaired) electrons. The Morgan fingerprint density at radius 3 is 2.61 bits per heavy atom. The monoisotopic (exact) mass is 244 g/mol. The maximum absolute atomic E-state index is 12.2. The van der Waals surface area contributed by atoms with Crippen LogP contribution in [0.5, 0.6) is 0 Å². The van der Waals surface area contributed by atoms with Gasteiger partial charge in [0.2, 0.25) is 0 Å². The highest BCUT2D eigenvalue weighted by Crippen LogP contribution is 2.31. The van der Waals surface area contributed by atoms with Gasteiger partial charge in [-0.3, -0.25) is 0 Å². The van der Waals surface area contributed by atoms with Crippen LogP contribution >= 0.6 is 0 Å². The second-order valence-electron chi connectivity index (χ2n) is 5.52. The number of benzene rings is 1. The van der Waals surface area contributed by atoms with Crippen LogP contribution in [-0.4, -0.2) is 35.5 Å². The van der Waals surface area contributed by atoms with E-state index >= 15 is 0 Å². The molecule has 0 aromatic heterocycles. The Kier molecular flexibility index (Phi) is 2.98. The highest BCUT2D eigenvalue weighted by molar-refractivity contribution is 5.76. The van der Waals surface area contributed by atoms with Gasteiger partial charge in [-0.2, -0.15) is 0 Å². The molecule has 1 aromatic rings. The Bertz CT molecular complexity index is 454. The fourth-order valence-electron chi connectivity index (χ4n) is 2.55. The van der Waals surface area contributed by atoms with Gasteiger partial charge >= 0.3 is 6.03 Å². The van der Waals surface area contributed by atoms with E-state index in [1.165, 1.54) is 24.0 Å². The van der Waals surface area contributed by atoms with E-state index in [-0.39, 0.29) is 6.03 Å². The van der Waals surface area contributed by atoms with Gasteiger partial charge in [-0.15, -0.1) is 0 Å². The van der Waals surface area contributed by atoms with Gasteiger partial charge in [0.15, 0.2) is 0 Å². The zero-order valence-corrected chi connectivity index (χ0v) is 10.9. The number of amides is 2. The van der Waals surface area contributed by atoms with E-state index in [4.69, 9.17) is 0 Å². The molecule has 2 fully saturated rings. The predicted molar refractivity (Wildman–Crippen MR) is 71.3 cm³/mol. The molecule has 1 aliphatic carbocycles. The van der Waals surface area contributed by atoms with Crippen molar-refractivity contribution >= 4 is 6.03 Å².